The minimum Gasteiger partial charge on any atom is -0.304 e. The van der Waals surface area contributed by atoms with Crippen LogP contribution in [-0.2, 0) is 6.42 Å². The molecule has 0 spiro atoms. The smallest absolute Gasteiger partial charge is 0.200 e. The van der Waals surface area contributed by atoms with Crippen LogP contribution in [0.5, 0.6) is 0 Å². The van der Waals surface area contributed by atoms with E-state index in [0.29, 0.717) is 28.7 Å². The molecule has 0 bridgehead atoms. The van der Waals surface area contributed by atoms with Crippen LogP contribution in [0.2, 0.25) is 0 Å². The van der Waals surface area contributed by atoms with Crippen molar-refractivity contribution < 1.29 is 39.5 Å². The number of hydrogen-bond donors (Lipinski definition) is 0. The van der Waals surface area contributed by atoms with E-state index in [1.165, 1.54) is 0 Å². The lowest BCUT2D eigenvalue weighted by molar-refractivity contribution is 0.379. The molecule has 0 amide bonds. The Hall–Kier alpha value is -3.95. The van der Waals surface area contributed by atoms with Gasteiger partial charge in [0.15, 0.2) is 46.5 Å². The summed E-state index contributed by atoms with van der Waals surface area (Å²) >= 11 is 0. The maximum atomic E-state index is 15.6. The number of rotatable bonds is 2. The minimum absolute atomic E-state index is 0.227. The van der Waals surface area contributed by atoms with Gasteiger partial charge < -0.3 is 4.90 Å². The molecule has 1 aliphatic heterocycles. The van der Waals surface area contributed by atoms with E-state index < -0.39 is 69.2 Å². The van der Waals surface area contributed by atoms with Gasteiger partial charge in [-0.05, 0) is 36.1 Å². The van der Waals surface area contributed by atoms with Crippen LogP contribution in [0, 0.1) is 66.2 Å². The Kier molecular flexibility index (Phi) is 5.73. The van der Waals surface area contributed by atoms with Crippen LogP contribution in [0.4, 0.5) is 56.6 Å². The van der Waals surface area contributed by atoms with Crippen LogP contribution in [0.25, 0.3) is 11.1 Å². The van der Waals surface area contributed by atoms with Gasteiger partial charge in [-0.25, -0.2) is 39.5 Å². The lowest BCUT2D eigenvalue weighted by Crippen LogP contribution is -2.24. The van der Waals surface area contributed by atoms with E-state index in [4.69, 9.17) is 0 Å². The van der Waals surface area contributed by atoms with Crippen LogP contribution >= 0.6 is 0 Å². The Morgan fingerprint density at radius 2 is 0.811 bits per heavy atom. The van der Waals surface area contributed by atoms with Crippen molar-refractivity contribution in [3.05, 3.63) is 111 Å². The highest BCUT2D eigenvalue weighted by molar-refractivity contribution is 5.88. The third-order valence-corrected chi connectivity index (χ3v) is 6.39. The molecule has 0 saturated carbocycles. The van der Waals surface area contributed by atoms with Gasteiger partial charge in [-0.3, -0.25) is 0 Å². The number of anilines is 3. The summed E-state index contributed by atoms with van der Waals surface area (Å²) in [5.41, 5.74) is -2.84. The van der Waals surface area contributed by atoms with E-state index in [2.05, 4.69) is 0 Å². The molecular formula is C27H14F9N. The molecule has 1 heterocycles. The molecule has 0 aliphatic carbocycles. The van der Waals surface area contributed by atoms with E-state index in [1.54, 1.807) is 50.2 Å². The number of halogens is 9. The summed E-state index contributed by atoms with van der Waals surface area (Å²) in [6, 6.07) is 9.92. The van der Waals surface area contributed by atoms with E-state index in [-0.39, 0.29) is 11.4 Å². The summed E-state index contributed by atoms with van der Waals surface area (Å²) in [5, 5.41) is 0. The van der Waals surface area contributed by atoms with Crippen molar-refractivity contribution in [3.63, 3.8) is 0 Å². The molecule has 0 radical (unpaired) electrons. The van der Waals surface area contributed by atoms with E-state index in [1.807, 2.05) is 0 Å². The lowest BCUT2D eigenvalue weighted by Gasteiger charge is -2.36. The Morgan fingerprint density at radius 3 is 1.22 bits per heavy atom. The summed E-state index contributed by atoms with van der Waals surface area (Å²) < 4.78 is 132. The number of benzene rings is 4. The van der Waals surface area contributed by atoms with Gasteiger partial charge in [0.1, 0.15) is 5.69 Å². The van der Waals surface area contributed by atoms with Crippen molar-refractivity contribution in [1.82, 2.24) is 0 Å². The molecule has 0 unspecified atom stereocenters. The van der Waals surface area contributed by atoms with Gasteiger partial charge in [0, 0.05) is 6.42 Å². The van der Waals surface area contributed by atoms with E-state index >= 15 is 17.6 Å². The van der Waals surface area contributed by atoms with Crippen molar-refractivity contribution in [1.29, 1.82) is 0 Å². The lowest BCUT2D eigenvalue weighted by atomic mass is 9.90. The zero-order valence-corrected chi connectivity index (χ0v) is 19.0. The second-order valence-corrected chi connectivity index (χ2v) is 8.60. The fourth-order valence-electron chi connectivity index (χ4n) is 4.77. The summed E-state index contributed by atoms with van der Waals surface area (Å²) in [6.07, 6.45) is 0.335. The van der Waals surface area contributed by atoms with Gasteiger partial charge in [0.2, 0.25) is 5.82 Å². The van der Waals surface area contributed by atoms with Crippen molar-refractivity contribution in [2.45, 2.75) is 20.3 Å². The highest BCUT2D eigenvalue weighted by atomic mass is 19.2. The summed E-state index contributed by atoms with van der Waals surface area (Å²) in [7, 11) is 0. The first-order valence-corrected chi connectivity index (χ1v) is 10.8. The Labute approximate surface area is 204 Å². The monoisotopic (exact) mass is 523 g/mol. The molecule has 4 aromatic rings. The first-order valence-electron chi connectivity index (χ1n) is 10.8. The summed E-state index contributed by atoms with van der Waals surface area (Å²) in [5.74, 6) is -21.7. The van der Waals surface area contributed by atoms with Crippen LogP contribution in [-0.4, -0.2) is 0 Å². The van der Waals surface area contributed by atoms with E-state index in [9.17, 15) is 22.0 Å². The average molecular weight is 523 g/mol. The number of para-hydroxylation sites is 2. The van der Waals surface area contributed by atoms with Gasteiger partial charge >= 0.3 is 0 Å². The van der Waals surface area contributed by atoms with Gasteiger partial charge in [0.25, 0.3) is 0 Å². The maximum Gasteiger partial charge on any atom is 0.200 e. The third kappa shape index (κ3) is 3.42. The zero-order chi connectivity index (χ0) is 26.9. The molecule has 0 aromatic heterocycles. The van der Waals surface area contributed by atoms with Gasteiger partial charge in [-0.1, -0.05) is 36.4 Å². The van der Waals surface area contributed by atoms with Crippen molar-refractivity contribution in [2.24, 2.45) is 0 Å². The fourth-order valence-corrected chi connectivity index (χ4v) is 4.77. The molecule has 0 N–H and O–H groups in total. The third-order valence-electron chi connectivity index (χ3n) is 6.39. The molecule has 1 aliphatic rings. The summed E-state index contributed by atoms with van der Waals surface area (Å²) in [4.78, 5) is 0.970. The normalized spacial score (nSPS) is 12.6. The van der Waals surface area contributed by atoms with Crippen molar-refractivity contribution in [3.8, 4) is 11.1 Å². The molecule has 37 heavy (non-hydrogen) atoms. The minimum atomic E-state index is -2.61. The van der Waals surface area contributed by atoms with Gasteiger partial charge in [0.05, 0.1) is 22.5 Å². The number of fused-ring (bicyclic) bond motifs is 2. The molecule has 0 atom stereocenters. The van der Waals surface area contributed by atoms with Crippen molar-refractivity contribution in [2.75, 3.05) is 4.90 Å². The Morgan fingerprint density at radius 1 is 0.459 bits per heavy atom. The standard InChI is InChI=1S/C27H14F9N/c1-10-5-3-7-12-9-13-8-4-6-11(2)26(13)37(25(10)12)27-23(35)18(30)15(19(31)24(27)36)14-16(28)20(32)22(34)21(33)17(14)29/h3-8H,9H2,1-2H3. The molecule has 1 nitrogen and oxygen atoms in total. The zero-order valence-electron chi connectivity index (χ0n) is 19.0. The highest BCUT2D eigenvalue weighted by Gasteiger charge is 2.38. The molecule has 4 aromatic carbocycles. The topological polar surface area (TPSA) is 3.24 Å². The van der Waals surface area contributed by atoms with Crippen molar-refractivity contribution >= 4 is 17.1 Å². The molecule has 190 valence electrons. The molecule has 0 fully saturated rings. The van der Waals surface area contributed by atoms with Gasteiger partial charge in [-0.15, -0.1) is 0 Å². The molecular weight excluding hydrogens is 509 g/mol. The second-order valence-electron chi connectivity index (χ2n) is 8.60. The number of aryl methyl sites for hydroxylation is 2. The molecule has 5 rings (SSSR count). The fraction of sp³-hybridized carbons (Fsp3) is 0.111. The van der Waals surface area contributed by atoms with Crippen LogP contribution in [0.3, 0.4) is 0 Å². The van der Waals surface area contributed by atoms with Crippen LogP contribution in [0.1, 0.15) is 22.3 Å². The summed E-state index contributed by atoms with van der Waals surface area (Å²) in [6.45, 7) is 3.22. The number of hydrogen-bond acceptors (Lipinski definition) is 1. The first kappa shape index (κ1) is 24.7. The largest absolute Gasteiger partial charge is 0.304 e. The SMILES string of the molecule is Cc1cccc2c1N(c1c(F)c(F)c(-c3c(F)c(F)c(F)c(F)c3F)c(F)c1F)c1c(C)cccc1C2. The second kappa shape index (κ2) is 8.57. The maximum absolute atomic E-state index is 15.6. The number of nitrogens with zero attached hydrogens (tertiary/aromatic N) is 1. The van der Waals surface area contributed by atoms with Crippen LogP contribution in [0.15, 0.2) is 36.4 Å². The predicted molar refractivity (Wildman–Crippen MR) is 118 cm³/mol. The molecule has 10 heteroatoms. The van der Waals surface area contributed by atoms with Crippen LogP contribution < -0.4 is 4.90 Å². The Balaban J connectivity index is 1.88. The quantitative estimate of drug-likeness (QED) is 0.127. The predicted octanol–water partition coefficient (Wildman–Crippen LogP) is 8.60. The van der Waals surface area contributed by atoms with E-state index in [0.717, 1.165) is 4.90 Å². The van der Waals surface area contributed by atoms with Gasteiger partial charge in [-0.2, -0.15) is 0 Å². The first-order chi connectivity index (χ1) is 17.5. The molecule has 0 saturated heterocycles. The highest BCUT2D eigenvalue weighted by Crippen LogP contribution is 2.50. The Bertz CT molecular complexity index is 1520. The average Bonchev–Trinajstić information content (AvgIpc) is 2.87.